The lowest BCUT2D eigenvalue weighted by Crippen LogP contribution is -3.00. The van der Waals surface area contributed by atoms with Crippen molar-refractivity contribution >= 4 is 0 Å². The Morgan fingerprint density at radius 2 is 1.33 bits per heavy atom. The van der Waals surface area contributed by atoms with Crippen molar-refractivity contribution in [1.82, 2.24) is 0 Å². The van der Waals surface area contributed by atoms with E-state index in [1.54, 1.807) is 0 Å². The van der Waals surface area contributed by atoms with Gasteiger partial charge in [0.05, 0.1) is 39.7 Å². The van der Waals surface area contributed by atoms with Gasteiger partial charge in [0.25, 0.3) is 0 Å². The maximum absolute atomic E-state index is 8.58. The standard InChI is InChI=1S/C15H31N2.BrH/c1-4-5-6-7-8-9-10-11-14-17(2,3)15-12-13-16;/h4-12,14-15H2,1-3H3;1H/q+1;/p-1. The van der Waals surface area contributed by atoms with E-state index in [1.807, 2.05) is 0 Å². The number of rotatable bonds is 11. The van der Waals surface area contributed by atoms with Crippen molar-refractivity contribution in [3.63, 3.8) is 0 Å². The molecule has 0 atom stereocenters. The van der Waals surface area contributed by atoms with Gasteiger partial charge in [-0.3, -0.25) is 0 Å². The molecule has 0 saturated heterocycles. The number of nitriles is 1. The topological polar surface area (TPSA) is 23.8 Å². The first-order valence-electron chi connectivity index (χ1n) is 7.31. The Hall–Kier alpha value is -0.0700. The van der Waals surface area contributed by atoms with Gasteiger partial charge < -0.3 is 21.5 Å². The lowest BCUT2D eigenvalue weighted by atomic mass is 10.1. The monoisotopic (exact) mass is 318 g/mol. The molecule has 0 radical (unpaired) electrons. The molecule has 0 aromatic heterocycles. The minimum Gasteiger partial charge on any atom is -1.00 e. The van der Waals surface area contributed by atoms with E-state index in [9.17, 15) is 0 Å². The lowest BCUT2D eigenvalue weighted by molar-refractivity contribution is -0.890. The smallest absolute Gasteiger partial charge is 0.0914 e. The fourth-order valence-corrected chi connectivity index (χ4v) is 2.14. The van der Waals surface area contributed by atoms with Gasteiger partial charge in [-0.05, 0) is 12.8 Å². The zero-order chi connectivity index (χ0) is 13.0. The summed E-state index contributed by atoms with van der Waals surface area (Å²) in [6.45, 7) is 4.48. The van der Waals surface area contributed by atoms with Crippen LogP contribution in [0.3, 0.4) is 0 Å². The quantitative estimate of drug-likeness (QED) is 0.414. The van der Waals surface area contributed by atoms with Crippen LogP contribution in [0.5, 0.6) is 0 Å². The van der Waals surface area contributed by atoms with E-state index in [-0.39, 0.29) is 17.0 Å². The highest BCUT2D eigenvalue weighted by Gasteiger charge is 2.13. The van der Waals surface area contributed by atoms with Crippen molar-refractivity contribution in [2.24, 2.45) is 0 Å². The van der Waals surface area contributed by atoms with Gasteiger partial charge >= 0.3 is 0 Å². The van der Waals surface area contributed by atoms with Crippen molar-refractivity contribution in [1.29, 1.82) is 5.26 Å². The highest BCUT2D eigenvalue weighted by Crippen LogP contribution is 2.10. The van der Waals surface area contributed by atoms with Gasteiger partial charge in [-0.1, -0.05) is 45.4 Å². The first-order chi connectivity index (χ1) is 8.12. The second-order valence-corrected chi connectivity index (χ2v) is 5.77. The molecule has 0 heterocycles. The van der Waals surface area contributed by atoms with Crippen LogP contribution in [-0.4, -0.2) is 31.7 Å². The summed E-state index contributed by atoms with van der Waals surface area (Å²) in [4.78, 5) is 0. The number of unbranched alkanes of at least 4 members (excludes halogenated alkanes) is 7. The molecule has 0 aliphatic heterocycles. The van der Waals surface area contributed by atoms with Crippen LogP contribution in [0.15, 0.2) is 0 Å². The SMILES string of the molecule is CCCCCCCCCC[N+](C)(C)CCC#N.[Br-]. The molecular formula is C15H31BrN2. The zero-order valence-electron chi connectivity index (χ0n) is 12.6. The summed E-state index contributed by atoms with van der Waals surface area (Å²) < 4.78 is 1.00. The van der Waals surface area contributed by atoms with Crippen LogP contribution in [0.1, 0.15) is 64.7 Å². The van der Waals surface area contributed by atoms with Crippen LogP contribution in [0.25, 0.3) is 0 Å². The molecule has 0 N–H and O–H groups in total. The third-order valence-electron chi connectivity index (χ3n) is 3.45. The Morgan fingerprint density at radius 3 is 1.83 bits per heavy atom. The van der Waals surface area contributed by atoms with Gasteiger partial charge in [0.15, 0.2) is 0 Å². The lowest BCUT2D eigenvalue weighted by Gasteiger charge is -2.28. The van der Waals surface area contributed by atoms with E-state index in [4.69, 9.17) is 5.26 Å². The maximum Gasteiger partial charge on any atom is 0.0914 e. The Kier molecular flexibility index (Phi) is 15.0. The van der Waals surface area contributed by atoms with Crippen LogP contribution >= 0.6 is 0 Å². The molecule has 0 fully saturated rings. The number of nitrogens with zero attached hydrogens (tertiary/aromatic N) is 2. The van der Waals surface area contributed by atoms with Crippen LogP contribution in [0.4, 0.5) is 0 Å². The van der Waals surface area contributed by atoms with Crippen molar-refractivity contribution < 1.29 is 21.5 Å². The molecular weight excluding hydrogens is 288 g/mol. The molecule has 0 aromatic carbocycles. The number of halogens is 1. The molecule has 2 nitrogen and oxygen atoms in total. The summed E-state index contributed by atoms with van der Waals surface area (Å²) in [5.41, 5.74) is 0. The van der Waals surface area contributed by atoms with Gasteiger partial charge in [0, 0.05) is 0 Å². The molecule has 0 saturated carbocycles. The summed E-state index contributed by atoms with van der Waals surface area (Å²) in [5.74, 6) is 0. The fraction of sp³-hybridized carbons (Fsp3) is 0.933. The van der Waals surface area contributed by atoms with E-state index in [0.717, 1.165) is 11.0 Å². The third kappa shape index (κ3) is 14.0. The molecule has 0 spiro atoms. The molecule has 0 bridgehead atoms. The van der Waals surface area contributed by atoms with E-state index >= 15 is 0 Å². The van der Waals surface area contributed by atoms with Crippen molar-refractivity contribution in [3.8, 4) is 6.07 Å². The largest absolute Gasteiger partial charge is 1.00 e. The van der Waals surface area contributed by atoms with Gasteiger partial charge in [0.2, 0.25) is 0 Å². The molecule has 0 aromatic rings. The summed E-state index contributed by atoms with van der Waals surface area (Å²) in [6, 6.07) is 2.24. The number of hydrogen-bond donors (Lipinski definition) is 0. The van der Waals surface area contributed by atoms with E-state index < -0.39 is 0 Å². The van der Waals surface area contributed by atoms with Crippen LogP contribution < -0.4 is 17.0 Å². The molecule has 108 valence electrons. The predicted octanol–water partition coefficient (Wildman–Crippen LogP) is 1.12. The highest BCUT2D eigenvalue weighted by atomic mass is 79.9. The molecule has 3 heteroatoms. The zero-order valence-corrected chi connectivity index (χ0v) is 14.1. The maximum atomic E-state index is 8.58. The average molecular weight is 319 g/mol. The summed E-state index contributed by atoms with van der Waals surface area (Å²) in [6.07, 6.45) is 11.7. The summed E-state index contributed by atoms with van der Waals surface area (Å²) in [7, 11) is 4.47. The molecule has 0 aliphatic rings. The van der Waals surface area contributed by atoms with Crippen molar-refractivity contribution in [2.75, 3.05) is 27.2 Å². The van der Waals surface area contributed by atoms with Gasteiger partial charge in [-0.15, -0.1) is 0 Å². The molecule has 0 unspecified atom stereocenters. The minimum absolute atomic E-state index is 0. The van der Waals surface area contributed by atoms with Crippen molar-refractivity contribution in [3.05, 3.63) is 0 Å². The van der Waals surface area contributed by atoms with Gasteiger partial charge in [-0.2, -0.15) is 5.26 Å². The van der Waals surface area contributed by atoms with Crippen LogP contribution in [-0.2, 0) is 0 Å². The second-order valence-electron chi connectivity index (χ2n) is 5.77. The van der Waals surface area contributed by atoms with Gasteiger partial charge in [0.1, 0.15) is 0 Å². The fourth-order valence-electron chi connectivity index (χ4n) is 2.14. The normalized spacial score (nSPS) is 10.8. The highest BCUT2D eigenvalue weighted by molar-refractivity contribution is 4.67. The average Bonchev–Trinajstić information content (AvgIpc) is 2.30. The summed E-state index contributed by atoms with van der Waals surface area (Å²) >= 11 is 0. The van der Waals surface area contributed by atoms with E-state index in [2.05, 4.69) is 27.1 Å². The summed E-state index contributed by atoms with van der Waals surface area (Å²) in [5, 5.41) is 8.58. The van der Waals surface area contributed by atoms with Crippen molar-refractivity contribution in [2.45, 2.75) is 64.7 Å². The predicted molar refractivity (Wildman–Crippen MR) is 74.7 cm³/mol. The molecule has 0 aliphatic carbocycles. The Bertz CT molecular complexity index is 209. The number of hydrogen-bond acceptors (Lipinski definition) is 1. The Morgan fingerprint density at radius 1 is 0.833 bits per heavy atom. The molecule has 0 rings (SSSR count). The number of quaternary nitrogens is 1. The molecule has 0 amide bonds. The van der Waals surface area contributed by atoms with E-state index in [1.165, 1.54) is 57.9 Å². The van der Waals surface area contributed by atoms with Gasteiger partial charge in [-0.25, -0.2) is 0 Å². The first kappa shape index (κ1) is 20.3. The Balaban J connectivity index is 0. The second kappa shape index (κ2) is 13.4. The Labute approximate surface area is 125 Å². The van der Waals surface area contributed by atoms with Crippen LogP contribution in [0.2, 0.25) is 0 Å². The molecule has 18 heavy (non-hydrogen) atoms. The minimum atomic E-state index is 0. The first-order valence-corrected chi connectivity index (χ1v) is 7.31. The van der Waals surface area contributed by atoms with Crippen LogP contribution in [0, 0.1) is 11.3 Å². The van der Waals surface area contributed by atoms with E-state index in [0.29, 0.717) is 6.42 Å². The third-order valence-corrected chi connectivity index (χ3v) is 3.45.